The zero-order valence-electron chi connectivity index (χ0n) is 10.8. The maximum absolute atomic E-state index is 12.7. The lowest BCUT2D eigenvalue weighted by Crippen LogP contribution is -2.34. The Bertz CT molecular complexity index is 575. The molecule has 4 nitrogen and oxygen atoms in total. The third kappa shape index (κ3) is 3.96. The van der Waals surface area contributed by atoms with Gasteiger partial charge in [-0.25, -0.2) is 0 Å². The van der Waals surface area contributed by atoms with Gasteiger partial charge in [0.1, 0.15) is 0 Å². The Morgan fingerprint density at radius 2 is 2.10 bits per heavy atom. The molecule has 2 amide bonds. The van der Waals surface area contributed by atoms with Crippen molar-refractivity contribution in [2.75, 3.05) is 18.4 Å². The van der Waals surface area contributed by atoms with Gasteiger partial charge in [0.15, 0.2) is 0 Å². The van der Waals surface area contributed by atoms with E-state index >= 15 is 0 Å². The molecule has 21 heavy (non-hydrogen) atoms. The second-order valence-corrected chi connectivity index (χ2v) is 5.51. The maximum Gasteiger partial charge on any atom is 0.417 e. The number of anilines is 1. The van der Waals surface area contributed by atoms with Crippen molar-refractivity contribution in [1.82, 2.24) is 4.90 Å². The van der Waals surface area contributed by atoms with Gasteiger partial charge in [-0.05, 0) is 24.6 Å². The van der Waals surface area contributed by atoms with Gasteiger partial charge in [-0.15, -0.1) is 0 Å². The topological polar surface area (TPSA) is 49.4 Å². The summed E-state index contributed by atoms with van der Waals surface area (Å²) < 4.78 is 38.2. The molecule has 0 saturated carbocycles. The molecule has 0 unspecified atom stereocenters. The summed E-state index contributed by atoms with van der Waals surface area (Å²) >= 11 is 2.83. The normalized spacial score (nSPS) is 15.4. The Morgan fingerprint density at radius 3 is 2.67 bits per heavy atom. The van der Waals surface area contributed by atoms with E-state index in [1.165, 1.54) is 17.0 Å². The minimum Gasteiger partial charge on any atom is -0.333 e. The number of benzene rings is 1. The highest BCUT2D eigenvalue weighted by Gasteiger charge is 2.33. The van der Waals surface area contributed by atoms with Gasteiger partial charge in [0.05, 0.1) is 12.1 Å². The molecule has 0 aromatic heterocycles. The van der Waals surface area contributed by atoms with Crippen molar-refractivity contribution in [1.29, 1.82) is 0 Å². The standard InChI is InChI=1S/C13H12BrF3N2O2/c14-10-4-3-8(6-9(10)13(15,16)17)18-11(20)7-19-5-1-2-12(19)21/h3-4,6H,1-2,5,7H2,(H,18,20). The van der Waals surface area contributed by atoms with Gasteiger partial charge in [-0.3, -0.25) is 9.59 Å². The first kappa shape index (κ1) is 15.8. The lowest BCUT2D eigenvalue weighted by molar-refractivity contribution is -0.138. The van der Waals surface area contributed by atoms with E-state index in [9.17, 15) is 22.8 Å². The molecule has 0 atom stereocenters. The molecule has 8 heteroatoms. The second kappa shape index (κ2) is 6.05. The van der Waals surface area contributed by atoms with Crippen LogP contribution in [0.3, 0.4) is 0 Å². The first-order valence-corrected chi connectivity index (χ1v) is 7.01. The molecule has 0 aliphatic carbocycles. The van der Waals surface area contributed by atoms with Crippen molar-refractivity contribution in [3.8, 4) is 0 Å². The number of hydrogen-bond acceptors (Lipinski definition) is 2. The highest BCUT2D eigenvalue weighted by molar-refractivity contribution is 9.10. The van der Waals surface area contributed by atoms with Crippen LogP contribution in [0, 0.1) is 0 Å². The summed E-state index contributed by atoms with van der Waals surface area (Å²) in [5, 5.41) is 2.38. The summed E-state index contributed by atoms with van der Waals surface area (Å²) in [6, 6.07) is 3.44. The van der Waals surface area contributed by atoms with Crippen LogP contribution in [0.5, 0.6) is 0 Å². The van der Waals surface area contributed by atoms with Crippen LogP contribution in [0.1, 0.15) is 18.4 Å². The number of likely N-dealkylation sites (tertiary alicyclic amines) is 1. The van der Waals surface area contributed by atoms with Gasteiger partial charge >= 0.3 is 6.18 Å². The van der Waals surface area contributed by atoms with Crippen LogP contribution in [0.25, 0.3) is 0 Å². The van der Waals surface area contributed by atoms with Crippen molar-refractivity contribution in [2.24, 2.45) is 0 Å². The Morgan fingerprint density at radius 1 is 1.38 bits per heavy atom. The van der Waals surface area contributed by atoms with E-state index in [2.05, 4.69) is 21.2 Å². The van der Waals surface area contributed by atoms with Crippen LogP contribution in [0.15, 0.2) is 22.7 Å². The molecule has 0 radical (unpaired) electrons. The predicted octanol–water partition coefficient (Wildman–Crippen LogP) is 3.03. The Labute approximate surface area is 127 Å². The molecule has 114 valence electrons. The zero-order valence-corrected chi connectivity index (χ0v) is 12.4. The lowest BCUT2D eigenvalue weighted by Gasteiger charge is -2.16. The monoisotopic (exact) mass is 364 g/mol. The SMILES string of the molecule is O=C(CN1CCCC1=O)Nc1ccc(Br)c(C(F)(F)F)c1. The number of carbonyl (C=O) groups is 2. The molecule has 0 spiro atoms. The zero-order chi connectivity index (χ0) is 15.6. The highest BCUT2D eigenvalue weighted by Crippen LogP contribution is 2.36. The molecule has 0 bridgehead atoms. The minimum absolute atomic E-state index is 0.0437. The van der Waals surface area contributed by atoms with Crippen LogP contribution in [-0.4, -0.2) is 29.8 Å². The number of rotatable bonds is 3. The molecular formula is C13H12BrF3N2O2. The number of nitrogens with zero attached hydrogens (tertiary/aromatic N) is 1. The lowest BCUT2D eigenvalue weighted by atomic mass is 10.2. The van der Waals surface area contributed by atoms with Crippen molar-refractivity contribution in [2.45, 2.75) is 19.0 Å². The van der Waals surface area contributed by atoms with Crippen LogP contribution in [-0.2, 0) is 15.8 Å². The number of halogens is 4. The van der Waals surface area contributed by atoms with Crippen LogP contribution in [0.4, 0.5) is 18.9 Å². The van der Waals surface area contributed by atoms with Crippen molar-refractivity contribution < 1.29 is 22.8 Å². The number of alkyl halides is 3. The van der Waals surface area contributed by atoms with E-state index in [0.29, 0.717) is 19.4 Å². The number of carbonyl (C=O) groups excluding carboxylic acids is 2. The fraction of sp³-hybridized carbons (Fsp3) is 0.385. The average Bonchev–Trinajstić information content (AvgIpc) is 2.76. The molecular weight excluding hydrogens is 353 g/mol. The van der Waals surface area contributed by atoms with Crippen LogP contribution < -0.4 is 5.32 Å². The van der Waals surface area contributed by atoms with Gasteiger partial charge < -0.3 is 10.2 Å². The van der Waals surface area contributed by atoms with E-state index < -0.39 is 17.6 Å². The van der Waals surface area contributed by atoms with E-state index in [0.717, 1.165) is 6.07 Å². The van der Waals surface area contributed by atoms with E-state index in [1.54, 1.807) is 0 Å². The van der Waals surface area contributed by atoms with Gasteiger partial charge in [-0.2, -0.15) is 13.2 Å². The fourth-order valence-corrected chi connectivity index (χ4v) is 2.54. The maximum atomic E-state index is 12.7. The van der Waals surface area contributed by atoms with Crippen LogP contribution in [0.2, 0.25) is 0 Å². The molecule has 1 aromatic carbocycles. The predicted molar refractivity (Wildman–Crippen MR) is 73.6 cm³/mol. The molecule has 1 fully saturated rings. The molecule has 1 N–H and O–H groups in total. The summed E-state index contributed by atoms with van der Waals surface area (Å²) in [7, 11) is 0. The minimum atomic E-state index is -4.51. The Balaban J connectivity index is 2.06. The fourth-order valence-electron chi connectivity index (χ4n) is 2.07. The first-order chi connectivity index (χ1) is 9.77. The van der Waals surface area contributed by atoms with Crippen molar-refractivity contribution >= 4 is 33.4 Å². The largest absolute Gasteiger partial charge is 0.417 e. The summed E-state index contributed by atoms with van der Waals surface area (Å²) in [6.07, 6.45) is -3.41. The van der Waals surface area contributed by atoms with Crippen molar-refractivity contribution in [3.63, 3.8) is 0 Å². The molecule has 1 aliphatic rings. The summed E-state index contributed by atoms with van der Waals surface area (Å²) in [5.74, 6) is -0.627. The summed E-state index contributed by atoms with van der Waals surface area (Å²) in [6.45, 7) is 0.358. The van der Waals surface area contributed by atoms with Gasteiger partial charge in [-0.1, -0.05) is 15.9 Å². The van der Waals surface area contributed by atoms with Crippen LogP contribution >= 0.6 is 15.9 Å². The number of amides is 2. The molecule has 2 rings (SSSR count). The second-order valence-electron chi connectivity index (χ2n) is 4.66. The Hall–Kier alpha value is -1.57. The molecule has 1 aromatic rings. The molecule has 1 heterocycles. The van der Waals surface area contributed by atoms with E-state index in [-0.39, 0.29) is 22.6 Å². The summed E-state index contributed by atoms with van der Waals surface area (Å²) in [5.41, 5.74) is -0.820. The first-order valence-electron chi connectivity index (χ1n) is 6.22. The van der Waals surface area contributed by atoms with Crippen molar-refractivity contribution in [3.05, 3.63) is 28.2 Å². The molecule has 1 saturated heterocycles. The van der Waals surface area contributed by atoms with E-state index in [4.69, 9.17) is 0 Å². The van der Waals surface area contributed by atoms with Gasteiger partial charge in [0.25, 0.3) is 0 Å². The third-order valence-corrected chi connectivity index (χ3v) is 3.75. The van der Waals surface area contributed by atoms with Gasteiger partial charge in [0.2, 0.25) is 11.8 Å². The summed E-state index contributed by atoms with van der Waals surface area (Å²) in [4.78, 5) is 24.5. The smallest absolute Gasteiger partial charge is 0.333 e. The average molecular weight is 365 g/mol. The third-order valence-electron chi connectivity index (χ3n) is 3.06. The number of nitrogens with one attached hydrogen (secondary N) is 1. The van der Waals surface area contributed by atoms with E-state index in [1.807, 2.05) is 0 Å². The van der Waals surface area contributed by atoms with Gasteiger partial charge in [0, 0.05) is 23.1 Å². The highest BCUT2D eigenvalue weighted by atomic mass is 79.9. The Kier molecular flexibility index (Phi) is 4.55. The number of hydrogen-bond donors (Lipinski definition) is 1. The quantitative estimate of drug-likeness (QED) is 0.895. The molecule has 1 aliphatic heterocycles.